The van der Waals surface area contributed by atoms with E-state index in [1.165, 1.54) is 19.3 Å². The Morgan fingerprint density at radius 3 is 2.67 bits per heavy atom. The molecule has 0 aromatic carbocycles. The average Bonchev–Trinajstić information content (AvgIpc) is 2.46. The van der Waals surface area contributed by atoms with Crippen LogP contribution in [0.4, 0.5) is 0 Å². The van der Waals surface area contributed by atoms with Crippen LogP contribution in [0, 0.1) is 5.92 Å². The van der Waals surface area contributed by atoms with Crippen LogP contribution in [-0.2, 0) is 0 Å². The Morgan fingerprint density at radius 2 is 2.22 bits per heavy atom. The molecule has 9 heavy (non-hydrogen) atoms. The van der Waals surface area contributed by atoms with Gasteiger partial charge in [0.25, 0.3) is 0 Å². The van der Waals surface area contributed by atoms with E-state index in [1.807, 2.05) is 0 Å². The zero-order chi connectivity index (χ0) is 6.32. The highest BCUT2D eigenvalue weighted by molar-refractivity contribution is 5.05. The van der Waals surface area contributed by atoms with Crippen LogP contribution < -0.4 is 11.1 Å². The molecule has 1 aliphatic heterocycles. The Hall–Kier alpha value is -0.0800. The first-order chi connectivity index (χ1) is 4.31. The maximum Gasteiger partial charge on any atom is 0.0197 e. The van der Waals surface area contributed by atoms with Gasteiger partial charge in [0.05, 0.1) is 0 Å². The molecule has 2 aliphatic rings. The summed E-state index contributed by atoms with van der Waals surface area (Å²) in [5.41, 5.74) is 6.23. The predicted octanol–water partition coefficient (Wildman–Crippen LogP) is 0.102. The molecule has 1 aliphatic carbocycles. The Kier molecular flexibility index (Phi) is 1.08. The molecule has 0 spiro atoms. The molecule has 0 unspecified atom stereocenters. The minimum Gasteiger partial charge on any atom is -0.325 e. The summed E-state index contributed by atoms with van der Waals surface area (Å²) in [4.78, 5) is 0. The molecule has 0 aromatic heterocycles. The molecule has 1 atom stereocenters. The van der Waals surface area contributed by atoms with E-state index in [2.05, 4.69) is 5.32 Å². The maximum absolute atomic E-state index is 5.99. The normalized spacial score (nSPS) is 39.0. The molecule has 2 rings (SSSR count). The van der Waals surface area contributed by atoms with Crippen molar-refractivity contribution < 1.29 is 0 Å². The minimum atomic E-state index is 0.236. The van der Waals surface area contributed by atoms with Crippen LogP contribution in [0.2, 0.25) is 0 Å². The van der Waals surface area contributed by atoms with Crippen LogP contribution in [-0.4, -0.2) is 18.6 Å². The molecule has 2 fully saturated rings. The molecular formula is C7H13N2. The Balaban J connectivity index is 1.97. The lowest BCUT2D eigenvalue weighted by atomic mass is 9.98. The van der Waals surface area contributed by atoms with Gasteiger partial charge in [-0.1, -0.05) is 0 Å². The third-order valence-corrected chi connectivity index (χ3v) is 2.63. The standard InChI is InChI=1S/C7H13N2/c8-7(2-3-7)6-1-4-9-5-6/h6H,1-5,8H2/t6-/m1/s1. The van der Waals surface area contributed by atoms with E-state index in [0.29, 0.717) is 0 Å². The van der Waals surface area contributed by atoms with Gasteiger partial charge in [0.1, 0.15) is 0 Å². The zero-order valence-electron chi connectivity index (χ0n) is 5.64. The summed E-state index contributed by atoms with van der Waals surface area (Å²) >= 11 is 0. The monoisotopic (exact) mass is 125 g/mol. The van der Waals surface area contributed by atoms with Gasteiger partial charge in [-0.2, -0.15) is 0 Å². The van der Waals surface area contributed by atoms with Crippen molar-refractivity contribution in [2.24, 2.45) is 11.7 Å². The van der Waals surface area contributed by atoms with Crippen molar-refractivity contribution >= 4 is 0 Å². The molecule has 1 radical (unpaired) electrons. The van der Waals surface area contributed by atoms with Gasteiger partial charge < -0.3 is 5.73 Å². The van der Waals surface area contributed by atoms with Crippen LogP contribution in [0.3, 0.4) is 0 Å². The maximum atomic E-state index is 5.99. The lowest BCUT2D eigenvalue weighted by Gasteiger charge is -2.14. The van der Waals surface area contributed by atoms with Crippen molar-refractivity contribution in [2.45, 2.75) is 24.8 Å². The van der Waals surface area contributed by atoms with Gasteiger partial charge >= 0.3 is 0 Å². The molecule has 2 N–H and O–H groups in total. The third kappa shape index (κ3) is 0.864. The smallest absolute Gasteiger partial charge is 0.0197 e. The summed E-state index contributed by atoms with van der Waals surface area (Å²) in [7, 11) is 0. The van der Waals surface area contributed by atoms with Gasteiger partial charge in [-0.15, -0.1) is 0 Å². The van der Waals surface area contributed by atoms with Crippen molar-refractivity contribution in [3.63, 3.8) is 0 Å². The van der Waals surface area contributed by atoms with Gasteiger partial charge in [0.2, 0.25) is 0 Å². The summed E-state index contributed by atoms with van der Waals surface area (Å²) in [6.07, 6.45) is 3.73. The van der Waals surface area contributed by atoms with Gasteiger partial charge in [-0.3, -0.25) is 0 Å². The summed E-state index contributed by atoms with van der Waals surface area (Å²) in [5, 5.41) is 4.29. The average molecular weight is 125 g/mol. The highest BCUT2D eigenvalue weighted by Gasteiger charge is 2.46. The first-order valence-corrected chi connectivity index (χ1v) is 3.73. The molecule has 0 aromatic rings. The molecular weight excluding hydrogens is 112 g/mol. The van der Waals surface area contributed by atoms with E-state index >= 15 is 0 Å². The van der Waals surface area contributed by atoms with Gasteiger partial charge in [-0.25, -0.2) is 5.32 Å². The summed E-state index contributed by atoms with van der Waals surface area (Å²) in [6, 6.07) is 0. The van der Waals surface area contributed by atoms with Crippen molar-refractivity contribution in [1.82, 2.24) is 5.32 Å². The molecule has 2 heteroatoms. The zero-order valence-corrected chi connectivity index (χ0v) is 5.64. The van der Waals surface area contributed by atoms with Crippen LogP contribution in [0.15, 0.2) is 0 Å². The van der Waals surface area contributed by atoms with E-state index in [-0.39, 0.29) is 5.54 Å². The fourth-order valence-electron chi connectivity index (χ4n) is 1.61. The second-order valence-corrected chi connectivity index (χ2v) is 3.35. The van der Waals surface area contributed by atoms with Crippen molar-refractivity contribution in [1.29, 1.82) is 0 Å². The molecule has 0 amide bonds. The number of hydrogen-bond donors (Lipinski definition) is 1. The Labute approximate surface area is 55.8 Å². The molecule has 1 saturated heterocycles. The SMILES string of the molecule is NC1([C@@H]2CC[N]C2)CC1. The minimum absolute atomic E-state index is 0.236. The molecule has 0 bridgehead atoms. The Bertz CT molecular complexity index is 112. The fraction of sp³-hybridized carbons (Fsp3) is 1.00. The molecule has 2 nitrogen and oxygen atoms in total. The molecule has 51 valence electrons. The van der Waals surface area contributed by atoms with Crippen LogP contribution in [0.1, 0.15) is 19.3 Å². The van der Waals surface area contributed by atoms with Gasteiger partial charge in [-0.05, 0) is 25.2 Å². The Morgan fingerprint density at radius 1 is 1.44 bits per heavy atom. The molecule has 1 saturated carbocycles. The van der Waals surface area contributed by atoms with Crippen LogP contribution >= 0.6 is 0 Å². The van der Waals surface area contributed by atoms with Crippen molar-refractivity contribution in [3.05, 3.63) is 0 Å². The first kappa shape index (κ1) is 5.69. The number of nitrogens with two attached hydrogens (primary N) is 1. The van der Waals surface area contributed by atoms with Crippen LogP contribution in [0.25, 0.3) is 0 Å². The predicted molar refractivity (Wildman–Crippen MR) is 36.1 cm³/mol. The van der Waals surface area contributed by atoms with E-state index in [4.69, 9.17) is 5.73 Å². The fourth-order valence-corrected chi connectivity index (χ4v) is 1.61. The van der Waals surface area contributed by atoms with Crippen molar-refractivity contribution in [2.75, 3.05) is 13.1 Å². The molecule has 1 heterocycles. The topological polar surface area (TPSA) is 40.1 Å². The van der Waals surface area contributed by atoms with Gasteiger partial charge in [0, 0.05) is 18.6 Å². The highest BCUT2D eigenvalue weighted by Crippen LogP contribution is 2.42. The van der Waals surface area contributed by atoms with Crippen molar-refractivity contribution in [3.8, 4) is 0 Å². The second-order valence-electron chi connectivity index (χ2n) is 3.35. The van der Waals surface area contributed by atoms with Crippen LogP contribution in [0.5, 0.6) is 0 Å². The number of nitrogens with zero attached hydrogens (tertiary/aromatic N) is 1. The second kappa shape index (κ2) is 1.70. The number of hydrogen-bond acceptors (Lipinski definition) is 1. The summed E-state index contributed by atoms with van der Waals surface area (Å²) in [6.45, 7) is 2.10. The van der Waals surface area contributed by atoms with E-state index < -0.39 is 0 Å². The number of rotatable bonds is 1. The third-order valence-electron chi connectivity index (χ3n) is 2.63. The van der Waals surface area contributed by atoms with E-state index in [1.54, 1.807) is 0 Å². The van der Waals surface area contributed by atoms with E-state index in [0.717, 1.165) is 19.0 Å². The van der Waals surface area contributed by atoms with Gasteiger partial charge in [0.15, 0.2) is 0 Å². The quantitative estimate of drug-likeness (QED) is 0.530. The lowest BCUT2D eigenvalue weighted by Crippen LogP contribution is -2.32. The summed E-state index contributed by atoms with van der Waals surface area (Å²) in [5.74, 6) is 0.734. The van der Waals surface area contributed by atoms with E-state index in [9.17, 15) is 0 Å². The largest absolute Gasteiger partial charge is 0.325 e. The first-order valence-electron chi connectivity index (χ1n) is 3.73. The summed E-state index contributed by atoms with van der Waals surface area (Å²) < 4.78 is 0. The lowest BCUT2D eigenvalue weighted by molar-refractivity contribution is 0.438. The highest BCUT2D eigenvalue weighted by atomic mass is 15.0.